The van der Waals surface area contributed by atoms with Crippen LogP contribution in [0.15, 0.2) is 18.2 Å². The Balaban J connectivity index is 2.90. The molecule has 4 heteroatoms. The summed E-state index contributed by atoms with van der Waals surface area (Å²) in [5.41, 5.74) is 0.440. The molecular formula is C14H19ClFNO. The van der Waals surface area contributed by atoms with Gasteiger partial charge in [-0.1, -0.05) is 19.9 Å². The van der Waals surface area contributed by atoms with E-state index >= 15 is 0 Å². The molecule has 0 spiro atoms. The second-order valence-electron chi connectivity index (χ2n) is 4.54. The van der Waals surface area contributed by atoms with Crippen LogP contribution in [0.4, 0.5) is 4.39 Å². The zero-order valence-electron chi connectivity index (χ0n) is 11.0. The largest absolute Gasteiger partial charge is 0.345 e. The van der Waals surface area contributed by atoms with Crippen LogP contribution in [0, 0.1) is 12.7 Å². The summed E-state index contributed by atoms with van der Waals surface area (Å²) >= 11 is 5.92. The number of benzene rings is 1. The molecule has 0 radical (unpaired) electrons. The van der Waals surface area contributed by atoms with Crippen LogP contribution >= 0.6 is 11.6 Å². The van der Waals surface area contributed by atoms with E-state index in [0.29, 0.717) is 17.0 Å². The van der Waals surface area contributed by atoms with Gasteiger partial charge < -0.3 is 5.32 Å². The molecule has 1 amide bonds. The summed E-state index contributed by atoms with van der Waals surface area (Å²) in [6.45, 7) is 5.61. The van der Waals surface area contributed by atoms with Crippen molar-refractivity contribution in [3.63, 3.8) is 0 Å². The molecule has 1 rings (SSSR count). The summed E-state index contributed by atoms with van der Waals surface area (Å²) in [5, 5.41) is 2.90. The SMILES string of the molecule is CCC(CC)(CCl)NC(=O)c1ccc(C)c(F)c1. The van der Waals surface area contributed by atoms with Crippen LogP contribution in [0.5, 0.6) is 0 Å². The van der Waals surface area contributed by atoms with E-state index in [0.717, 1.165) is 12.8 Å². The van der Waals surface area contributed by atoms with Crippen LogP contribution in [-0.4, -0.2) is 17.3 Å². The summed E-state index contributed by atoms with van der Waals surface area (Å²) in [4.78, 5) is 12.1. The first-order valence-corrected chi connectivity index (χ1v) is 6.66. The van der Waals surface area contributed by atoms with Crippen LogP contribution in [-0.2, 0) is 0 Å². The van der Waals surface area contributed by atoms with E-state index < -0.39 is 5.54 Å². The molecule has 0 heterocycles. The maximum absolute atomic E-state index is 13.4. The lowest BCUT2D eigenvalue weighted by Gasteiger charge is -2.30. The van der Waals surface area contributed by atoms with Crippen molar-refractivity contribution in [1.29, 1.82) is 0 Å². The fraction of sp³-hybridized carbons (Fsp3) is 0.500. The number of rotatable bonds is 5. The Morgan fingerprint density at radius 1 is 1.39 bits per heavy atom. The van der Waals surface area contributed by atoms with E-state index in [2.05, 4.69) is 5.32 Å². The third-order valence-corrected chi connectivity index (χ3v) is 3.93. The summed E-state index contributed by atoms with van der Waals surface area (Å²) in [6, 6.07) is 4.48. The summed E-state index contributed by atoms with van der Waals surface area (Å²) in [6.07, 6.45) is 1.49. The quantitative estimate of drug-likeness (QED) is 0.814. The van der Waals surface area contributed by atoms with Crippen LogP contribution in [0.1, 0.15) is 42.6 Å². The van der Waals surface area contributed by atoms with Gasteiger partial charge in [-0.15, -0.1) is 11.6 Å². The molecule has 0 aliphatic rings. The third-order valence-electron chi connectivity index (χ3n) is 3.42. The van der Waals surface area contributed by atoms with Gasteiger partial charge in [0.25, 0.3) is 5.91 Å². The smallest absolute Gasteiger partial charge is 0.251 e. The number of hydrogen-bond acceptors (Lipinski definition) is 1. The van der Waals surface area contributed by atoms with Crippen molar-refractivity contribution in [1.82, 2.24) is 5.32 Å². The molecule has 0 bridgehead atoms. The van der Waals surface area contributed by atoms with Gasteiger partial charge in [0.15, 0.2) is 0 Å². The van der Waals surface area contributed by atoms with Crippen molar-refractivity contribution < 1.29 is 9.18 Å². The monoisotopic (exact) mass is 271 g/mol. The second kappa shape index (κ2) is 6.19. The van der Waals surface area contributed by atoms with Gasteiger partial charge in [0, 0.05) is 11.4 Å². The molecule has 0 aromatic heterocycles. The average Bonchev–Trinajstić information content (AvgIpc) is 2.39. The molecule has 2 nitrogen and oxygen atoms in total. The van der Waals surface area contributed by atoms with E-state index in [1.165, 1.54) is 6.07 Å². The summed E-state index contributed by atoms with van der Waals surface area (Å²) in [5.74, 6) is -0.301. The fourth-order valence-corrected chi connectivity index (χ4v) is 2.14. The highest BCUT2D eigenvalue weighted by atomic mass is 35.5. The number of alkyl halides is 1. The minimum Gasteiger partial charge on any atom is -0.345 e. The van der Waals surface area contributed by atoms with Crippen molar-refractivity contribution in [2.75, 3.05) is 5.88 Å². The first-order valence-electron chi connectivity index (χ1n) is 6.12. The van der Waals surface area contributed by atoms with Gasteiger partial charge in [-0.3, -0.25) is 4.79 Å². The molecule has 0 fully saturated rings. The van der Waals surface area contributed by atoms with E-state index in [9.17, 15) is 9.18 Å². The van der Waals surface area contributed by atoms with Gasteiger partial charge >= 0.3 is 0 Å². The van der Waals surface area contributed by atoms with Gasteiger partial charge in [0.1, 0.15) is 5.82 Å². The molecule has 18 heavy (non-hydrogen) atoms. The molecule has 100 valence electrons. The van der Waals surface area contributed by atoms with Gasteiger partial charge in [-0.2, -0.15) is 0 Å². The van der Waals surface area contributed by atoms with Gasteiger partial charge in [-0.05, 0) is 37.5 Å². The zero-order chi connectivity index (χ0) is 13.8. The van der Waals surface area contributed by atoms with Crippen molar-refractivity contribution >= 4 is 17.5 Å². The molecule has 0 saturated heterocycles. The maximum Gasteiger partial charge on any atom is 0.251 e. The lowest BCUT2D eigenvalue weighted by Crippen LogP contribution is -2.49. The van der Waals surface area contributed by atoms with Crippen molar-refractivity contribution in [2.45, 2.75) is 39.2 Å². The van der Waals surface area contributed by atoms with Gasteiger partial charge in [0.2, 0.25) is 0 Å². The number of hydrogen-bond donors (Lipinski definition) is 1. The number of carbonyl (C=O) groups is 1. The van der Waals surface area contributed by atoms with E-state index in [4.69, 9.17) is 11.6 Å². The van der Waals surface area contributed by atoms with Gasteiger partial charge in [0.05, 0.1) is 5.54 Å². The standard InChI is InChI=1S/C14H19ClFNO/c1-4-14(5-2,9-15)17-13(18)11-7-6-10(3)12(16)8-11/h6-8H,4-5,9H2,1-3H3,(H,17,18). The number of aryl methyl sites for hydroxylation is 1. The van der Waals surface area contributed by atoms with Crippen LogP contribution in [0.25, 0.3) is 0 Å². The third kappa shape index (κ3) is 3.22. The van der Waals surface area contributed by atoms with Crippen LogP contribution in [0.2, 0.25) is 0 Å². The Labute approximate surface area is 113 Å². The Kier molecular flexibility index (Phi) is 5.15. The molecule has 0 saturated carbocycles. The molecule has 0 aliphatic heterocycles. The Bertz CT molecular complexity index is 422. The minimum absolute atomic E-state index is 0.279. The second-order valence-corrected chi connectivity index (χ2v) is 4.81. The number of nitrogens with one attached hydrogen (secondary N) is 1. The van der Waals surface area contributed by atoms with Gasteiger partial charge in [-0.25, -0.2) is 4.39 Å². The minimum atomic E-state index is -0.417. The van der Waals surface area contributed by atoms with E-state index in [1.807, 2.05) is 13.8 Å². The van der Waals surface area contributed by atoms with E-state index in [-0.39, 0.29) is 11.7 Å². The van der Waals surface area contributed by atoms with Crippen LogP contribution in [0.3, 0.4) is 0 Å². The Hall–Kier alpha value is -1.09. The van der Waals surface area contributed by atoms with Crippen molar-refractivity contribution in [2.24, 2.45) is 0 Å². The van der Waals surface area contributed by atoms with E-state index in [1.54, 1.807) is 19.1 Å². The number of carbonyl (C=O) groups excluding carboxylic acids is 1. The van der Waals surface area contributed by atoms with Crippen LogP contribution < -0.4 is 5.32 Å². The summed E-state index contributed by atoms with van der Waals surface area (Å²) < 4.78 is 13.4. The lowest BCUT2D eigenvalue weighted by molar-refractivity contribution is 0.0902. The Morgan fingerprint density at radius 3 is 2.44 bits per heavy atom. The molecule has 0 unspecified atom stereocenters. The zero-order valence-corrected chi connectivity index (χ0v) is 11.8. The highest BCUT2D eigenvalue weighted by Gasteiger charge is 2.27. The topological polar surface area (TPSA) is 29.1 Å². The fourth-order valence-electron chi connectivity index (χ4n) is 1.70. The van der Waals surface area contributed by atoms with Crippen molar-refractivity contribution in [3.05, 3.63) is 35.1 Å². The highest BCUT2D eigenvalue weighted by molar-refractivity contribution is 6.18. The maximum atomic E-state index is 13.4. The molecule has 1 N–H and O–H groups in total. The molecular weight excluding hydrogens is 253 g/mol. The predicted octanol–water partition coefficient (Wildman–Crippen LogP) is 3.66. The lowest BCUT2D eigenvalue weighted by atomic mass is 9.94. The molecule has 0 aliphatic carbocycles. The molecule has 0 atom stereocenters. The normalized spacial score (nSPS) is 11.4. The molecule has 1 aromatic carbocycles. The summed E-state index contributed by atoms with van der Waals surface area (Å²) in [7, 11) is 0. The molecule has 1 aromatic rings. The average molecular weight is 272 g/mol. The first kappa shape index (κ1) is 15.0. The number of halogens is 2. The Morgan fingerprint density at radius 2 is 2.00 bits per heavy atom. The van der Waals surface area contributed by atoms with Crippen molar-refractivity contribution in [3.8, 4) is 0 Å². The first-order chi connectivity index (χ1) is 8.48. The predicted molar refractivity (Wildman–Crippen MR) is 72.6 cm³/mol. The number of amides is 1. The highest BCUT2D eigenvalue weighted by Crippen LogP contribution is 2.18.